The van der Waals surface area contributed by atoms with E-state index in [4.69, 9.17) is 4.74 Å². The highest BCUT2D eigenvalue weighted by Crippen LogP contribution is 2.15. The minimum atomic E-state index is 0.944. The molecule has 0 aromatic carbocycles. The maximum atomic E-state index is 5.09. The number of unbranched alkanes of at least 4 members (excludes halogenated alkanes) is 24. The lowest BCUT2D eigenvalue weighted by Gasteiger charge is -2.04. The summed E-state index contributed by atoms with van der Waals surface area (Å²) in [7, 11) is 1.80. The van der Waals surface area contributed by atoms with Gasteiger partial charge in [-0.1, -0.05) is 161 Å². The number of hydrogen-bond acceptors (Lipinski definition) is 1. The fourth-order valence-corrected chi connectivity index (χ4v) is 4.39. The molecule has 1 heteroatoms. The SMILES string of the molecule is CCCCCCCCCCCCCCCCCCCCCCCCCCCOC. The minimum Gasteiger partial charge on any atom is -0.385 e. The van der Waals surface area contributed by atoms with Gasteiger partial charge in [0.05, 0.1) is 0 Å². The van der Waals surface area contributed by atoms with Crippen molar-refractivity contribution in [3.63, 3.8) is 0 Å². The van der Waals surface area contributed by atoms with E-state index >= 15 is 0 Å². The van der Waals surface area contributed by atoms with Crippen LogP contribution in [0.3, 0.4) is 0 Å². The smallest absolute Gasteiger partial charge is 0.0462 e. The third kappa shape index (κ3) is 28.0. The molecule has 176 valence electrons. The Labute approximate surface area is 186 Å². The van der Waals surface area contributed by atoms with Crippen LogP contribution in [0.1, 0.15) is 167 Å². The number of hydrogen-bond donors (Lipinski definition) is 0. The van der Waals surface area contributed by atoms with Gasteiger partial charge in [0, 0.05) is 13.7 Å². The molecule has 0 spiro atoms. The van der Waals surface area contributed by atoms with Crippen LogP contribution in [0.5, 0.6) is 0 Å². The van der Waals surface area contributed by atoms with Gasteiger partial charge in [0.2, 0.25) is 0 Å². The highest BCUT2D eigenvalue weighted by molar-refractivity contribution is 4.51. The third-order valence-electron chi connectivity index (χ3n) is 6.45. The molecule has 0 aliphatic carbocycles. The quantitative estimate of drug-likeness (QED) is 0.129. The van der Waals surface area contributed by atoms with Crippen molar-refractivity contribution in [1.29, 1.82) is 0 Å². The first-order chi connectivity index (χ1) is 14.4. The van der Waals surface area contributed by atoms with Crippen LogP contribution in [-0.2, 0) is 4.74 Å². The topological polar surface area (TPSA) is 9.23 Å². The molecule has 1 nitrogen and oxygen atoms in total. The lowest BCUT2D eigenvalue weighted by atomic mass is 10.0. The largest absolute Gasteiger partial charge is 0.385 e. The summed E-state index contributed by atoms with van der Waals surface area (Å²) in [5, 5.41) is 0. The Morgan fingerprint density at radius 3 is 0.724 bits per heavy atom. The zero-order valence-electron chi connectivity index (χ0n) is 20.8. The van der Waals surface area contributed by atoms with Gasteiger partial charge in [-0.2, -0.15) is 0 Å². The molecule has 0 saturated heterocycles. The molecule has 0 aliphatic heterocycles. The Morgan fingerprint density at radius 2 is 0.517 bits per heavy atom. The van der Waals surface area contributed by atoms with Gasteiger partial charge >= 0.3 is 0 Å². The van der Waals surface area contributed by atoms with Crippen LogP contribution < -0.4 is 0 Å². The van der Waals surface area contributed by atoms with Crippen LogP contribution in [0.2, 0.25) is 0 Å². The molecule has 0 bridgehead atoms. The Balaban J connectivity index is 2.97. The number of ether oxygens (including phenoxy) is 1. The van der Waals surface area contributed by atoms with Gasteiger partial charge in [0.15, 0.2) is 0 Å². The van der Waals surface area contributed by atoms with E-state index in [2.05, 4.69) is 6.92 Å². The molecular formula is C28H58O. The Morgan fingerprint density at radius 1 is 0.310 bits per heavy atom. The summed E-state index contributed by atoms with van der Waals surface area (Å²) in [4.78, 5) is 0. The molecule has 0 rings (SSSR count). The summed E-state index contributed by atoms with van der Waals surface area (Å²) in [6.45, 7) is 3.25. The summed E-state index contributed by atoms with van der Waals surface area (Å²) in [5.74, 6) is 0. The summed E-state index contributed by atoms with van der Waals surface area (Å²) in [5.41, 5.74) is 0. The average Bonchev–Trinajstić information content (AvgIpc) is 2.74. The van der Waals surface area contributed by atoms with E-state index in [1.165, 1.54) is 161 Å². The second kappa shape index (κ2) is 28.0. The zero-order valence-corrected chi connectivity index (χ0v) is 20.8. The molecule has 0 aromatic rings. The van der Waals surface area contributed by atoms with Crippen LogP contribution >= 0.6 is 0 Å². The van der Waals surface area contributed by atoms with E-state index in [0.29, 0.717) is 0 Å². The Kier molecular flexibility index (Phi) is 27.9. The summed E-state index contributed by atoms with van der Waals surface area (Å²) >= 11 is 0. The molecule has 0 aromatic heterocycles. The van der Waals surface area contributed by atoms with E-state index in [1.54, 1.807) is 7.11 Å². The highest BCUT2D eigenvalue weighted by atomic mass is 16.5. The number of rotatable bonds is 26. The molecule has 0 radical (unpaired) electrons. The molecule has 0 amide bonds. The summed E-state index contributed by atoms with van der Waals surface area (Å²) < 4.78 is 5.09. The molecule has 0 unspecified atom stereocenters. The predicted octanol–water partition coefficient (Wildman–Crippen LogP) is 10.4. The molecule has 0 fully saturated rings. The van der Waals surface area contributed by atoms with E-state index < -0.39 is 0 Å². The third-order valence-corrected chi connectivity index (χ3v) is 6.45. The van der Waals surface area contributed by atoms with E-state index in [1.807, 2.05) is 0 Å². The molecule has 0 heterocycles. The maximum Gasteiger partial charge on any atom is 0.0462 e. The van der Waals surface area contributed by atoms with Crippen molar-refractivity contribution >= 4 is 0 Å². The van der Waals surface area contributed by atoms with Gasteiger partial charge in [0.1, 0.15) is 0 Å². The van der Waals surface area contributed by atoms with E-state index in [9.17, 15) is 0 Å². The van der Waals surface area contributed by atoms with Gasteiger partial charge in [-0.3, -0.25) is 0 Å². The first kappa shape index (κ1) is 29.0. The average molecular weight is 411 g/mol. The van der Waals surface area contributed by atoms with Gasteiger partial charge in [-0.05, 0) is 6.42 Å². The molecule has 0 aliphatic rings. The van der Waals surface area contributed by atoms with Gasteiger partial charge in [-0.25, -0.2) is 0 Å². The molecule has 29 heavy (non-hydrogen) atoms. The van der Waals surface area contributed by atoms with Crippen LogP contribution in [0.15, 0.2) is 0 Å². The Bertz CT molecular complexity index is 237. The van der Waals surface area contributed by atoms with Crippen LogP contribution in [-0.4, -0.2) is 13.7 Å². The summed E-state index contributed by atoms with van der Waals surface area (Å²) in [6.07, 6.45) is 36.4. The fraction of sp³-hybridized carbons (Fsp3) is 1.00. The zero-order chi connectivity index (χ0) is 21.1. The van der Waals surface area contributed by atoms with E-state index in [0.717, 1.165) is 6.61 Å². The van der Waals surface area contributed by atoms with E-state index in [-0.39, 0.29) is 0 Å². The second-order valence-corrected chi connectivity index (χ2v) is 9.48. The second-order valence-electron chi connectivity index (χ2n) is 9.48. The lowest BCUT2D eigenvalue weighted by molar-refractivity contribution is 0.192. The van der Waals surface area contributed by atoms with Crippen molar-refractivity contribution in [2.45, 2.75) is 167 Å². The first-order valence-corrected chi connectivity index (χ1v) is 13.9. The minimum absolute atomic E-state index is 0.944. The molecule has 0 saturated carbocycles. The van der Waals surface area contributed by atoms with Gasteiger partial charge in [0.25, 0.3) is 0 Å². The fourth-order valence-electron chi connectivity index (χ4n) is 4.39. The van der Waals surface area contributed by atoms with Crippen LogP contribution in [0, 0.1) is 0 Å². The molecular weight excluding hydrogens is 352 g/mol. The Hall–Kier alpha value is -0.0400. The first-order valence-electron chi connectivity index (χ1n) is 13.9. The standard InChI is InChI=1S/C28H58O/c1-3-4-5-6-7-8-9-10-11-12-13-14-15-16-17-18-19-20-21-22-23-24-25-26-27-28-29-2/h3-28H2,1-2H3. The monoisotopic (exact) mass is 410 g/mol. The molecule has 0 atom stereocenters. The summed E-state index contributed by atoms with van der Waals surface area (Å²) in [6, 6.07) is 0. The van der Waals surface area contributed by atoms with Crippen LogP contribution in [0.25, 0.3) is 0 Å². The van der Waals surface area contributed by atoms with Crippen molar-refractivity contribution in [2.75, 3.05) is 13.7 Å². The van der Waals surface area contributed by atoms with Crippen LogP contribution in [0.4, 0.5) is 0 Å². The van der Waals surface area contributed by atoms with Crippen molar-refractivity contribution in [2.24, 2.45) is 0 Å². The maximum absolute atomic E-state index is 5.09. The van der Waals surface area contributed by atoms with Crippen molar-refractivity contribution < 1.29 is 4.74 Å². The van der Waals surface area contributed by atoms with Gasteiger partial charge in [-0.15, -0.1) is 0 Å². The van der Waals surface area contributed by atoms with Crippen molar-refractivity contribution in [3.05, 3.63) is 0 Å². The predicted molar refractivity (Wildman–Crippen MR) is 133 cm³/mol. The van der Waals surface area contributed by atoms with Crippen molar-refractivity contribution in [1.82, 2.24) is 0 Å². The number of methoxy groups -OCH3 is 1. The highest BCUT2D eigenvalue weighted by Gasteiger charge is 1.96. The normalized spacial score (nSPS) is 11.4. The van der Waals surface area contributed by atoms with Gasteiger partial charge < -0.3 is 4.74 Å². The lowest BCUT2D eigenvalue weighted by Crippen LogP contribution is -1.88. The van der Waals surface area contributed by atoms with Crippen molar-refractivity contribution in [3.8, 4) is 0 Å². The molecule has 0 N–H and O–H groups in total.